The molecular weight excluding hydrogens is 237 g/mol. The highest BCUT2D eigenvalue weighted by Gasteiger charge is 2.09. The fourth-order valence-electron chi connectivity index (χ4n) is 1.34. The van der Waals surface area contributed by atoms with Gasteiger partial charge in [0.15, 0.2) is 0 Å². The van der Waals surface area contributed by atoms with Gasteiger partial charge in [-0.1, -0.05) is 12.1 Å². The molecule has 0 saturated heterocycles. The Morgan fingerprint density at radius 1 is 1.39 bits per heavy atom. The Balaban J connectivity index is 2.06. The van der Waals surface area contributed by atoms with Gasteiger partial charge in [0.25, 0.3) is 0 Å². The van der Waals surface area contributed by atoms with Crippen LogP contribution in [0.2, 0.25) is 0 Å². The van der Waals surface area contributed by atoms with Crippen LogP contribution in [0.4, 0.5) is 4.39 Å². The molecule has 1 heterocycles. The molecule has 94 valence electrons. The smallest absolute Gasteiger partial charge is 0.246 e. The molecule has 0 aliphatic rings. The molecule has 0 bridgehead atoms. The van der Waals surface area contributed by atoms with Gasteiger partial charge in [0.1, 0.15) is 5.82 Å². The molecule has 0 aliphatic heterocycles. The van der Waals surface area contributed by atoms with Gasteiger partial charge in [-0.2, -0.15) is 4.98 Å². The molecule has 2 rings (SSSR count). The Kier molecular flexibility index (Phi) is 3.66. The van der Waals surface area contributed by atoms with Crippen molar-refractivity contribution in [2.45, 2.75) is 19.9 Å². The molecule has 6 heteroatoms. The van der Waals surface area contributed by atoms with E-state index in [1.54, 1.807) is 19.1 Å². The Bertz CT molecular complexity index is 537. The molecule has 0 saturated carbocycles. The predicted molar refractivity (Wildman–Crippen MR) is 61.8 cm³/mol. The minimum Gasteiger partial charge on any atom is -0.347 e. The second-order valence-corrected chi connectivity index (χ2v) is 3.65. The van der Waals surface area contributed by atoms with E-state index >= 15 is 0 Å². The SMILES string of the molecule is CCC(=O)NCc1nc(-c2ccc(F)cc2)no1. The van der Waals surface area contributed by atoms with Crippen LogP contribution in [0.15, 0.2) is 28.8 Å². The Morgan fingerprint density at radius 3 is 2.78 bits per heavy atom. The molecule has 0 atom stereocenters. The van der Waals surface area contributed by atoms with Gasteiger partial charge in [0, 0.05) is 12.0 Å². The van der Waals surface area contributed by atoms with Crippen LogP contribution >= 0.6 is 0 Å². The van der Waals surface area contributed by atoms with E-state index in [1.807, 2.05) is 0 Å². The van der Waals surface area contributed by atoms with Crippen LogP contribution in [-0.2, 0) is 11.3 Å². The summed E-state index contributed by atoms with van der Waals surface area (Å²) in [6.07, 6.45) is 0.402. The molecule has 0 spiro atoms. The summed E-state index contributed by atoms with van der Waals surface area (Å²) in [6, 6.07) is 5.78. The first-order valence-corrected chi connectivity index (χ1v) is 5.54. The van der Waals surface area contributed by atoms with Gasteiger partial charge in [-0.05, 0) is 24.3 Å². The van der Waals surface area contributed by atoms with Crippen molar-refractivity contribution in [2.75, 3.05) is 0 Å². The van der Waals surface area contributed by atoms with Crippen molar-refractivity contribution in [3.8, 4) is 11.4 Å². The van der Waals surface area contributed by atoms with Gasteiger partial charge in [0.05, 0.1) is 6.54 Å². The molecule has 18 heavy (non-hydrogen) atoms. The lowest BCUT2D eigenvalue weighted by Crippen LogP contribution is -2.21. The predicted octanol–water partition coefficient (Wildman–Crippen LogP) is 1.90. The Morgan fingerprint density at radius 2 is 2.11 bits per heavy atom. The van der Waals surface area contributed by atoms with Gasteiger partial charge in [-0.3, -0.25) is 4.79 Å². The molecular formula is C12H12FN3O2. The third-order valence-corrected chi connectivity index (χ3v) is 2.33. The summed E-state index contributed by atoms with van der Waals surface area (Å²) in [4.78, 5) is 15.2. The van der Waals surface area contributed by atoms with Gasteiger partial charge in [-0.25, -0.2) is 4.39 Å². The molecule has 1 amide bonds. The lowest BCUT2D eigenvalue weighted by molar-refractivity contribution is -0.121. The first-order valence-electron chi connectivity index (χ1n) is 5.54. The van der Waals surface area contributed by atoms with E-state index in [0.717, 1.165) is 0 Å². The average molecular weight is 249 g/mol. The summed E-state index contributed by atoms with van der Waals surface area (Å²) in [7, 11) is 0. The number of aromatic nitrogens is 2. The standard InChI is InChI=1S/C12H12FN3O2/c1-2-10(17)14-7-11-15-12(16-18-11)8-3-5-9(13)6-4-8/h3-6H,2,7H2,1H3,(H,14,17). The second-order valence-electron chi connectivity index (χ2n) is 3.65. The maximum atomic E-state index is 12.7. The summed E-state index contributed by atoms with van der Waals surface area (Å²) in [6.45, 7) is 1.95. The quantitative estimate of drug-likeness (QED) is 0.898. The van der Waals surface area contributed by atoms with E-state index in [2.05, 4.69) is 15.5 Å². The zero-order valence-electron chi connectivity index (χ0n) is 9.81. The molecule has 1 aromatic carbocycles. The van der Waals surface area contributed by atoms with Crippen molar-refractivity contribution >= 4 is 5.91 Å². The summed E-state index contributed by atoms with van der Waals surface area (Å²) >= 11 is 0. The van der Waals surface area contributed by atoms with Crippen LogP contribution in [0, 0.1) is 5.82 Å². The number of rotatable bonds is 4. The first-order chi connectivity index (χ1) is 8.69. The third-order valence-electron chi connectivity index (χ3n) is 2.33. The number of hydrogen-bond donors (Lipinski definition) is 1. The van der Waals surface area contributed by atoms with E-state index in [-0.39, 0.29) is 18.3 Å². The van der Waals surface area contributed by atoms with Crippen molar-refractivity contribution in [3.63, 3.8) is 0 Å². The summed E-state index contributed by atoms with van der Waals surface area (Å²) in [5.74, 6) is 0.279. The number of nitrogens with one attached hydrogen (secondary N) is 1. The highest BCUT2D eigenvalue weighted by molar-refractivity contribution is 5.75. The van der Waals surface area contributed by atoms with Crippen LogP contribution in [-0.4, -0.2) is 16.0 Å². The number of carbonyl (C=O) groups excluding carboxylic acids is 1. The number of nitrogens with zero attached hydrogens (tertiary/aromatic N) is 2. The van der Waals surface area contributed by atoms with Crippen molar-refractivity contribution in [2.24, 2.45) is 0 Å². The first kappa shape index (κ1) is 12.2. The fourth-order valence-corrected chi connectivity index (χ4v) is 1.34. The minimum absolute atomic E-state index is 0.0865. The van der Waals surface area contributed by atoms with Crippen molar-refractivity contribution < 1.29 is 13.7 Å². The lowest BCUT2D eigenvalue weighted by Gasteiger charge is -1.97. The Labute approximate surface area is 103 Å². The summed E-state index contributed by atoms with van der Waals surface area (Å²) in [5, 5.41) is 6.39. The van der Waals surface area contributed by atoms with Crippen LogP contribution in [0.3, 0.4) is 0 Å². The lowest BCUT2D eigenvalue weighted by atomic mass is 10.2. The molecule has 0 radical (unpaired) electrons. The largest absolute Gasteiger partial charge is 0.347 e. The number of carbonyl (C=O) groups is 1. The topological polar surface area (TPSA) is 68.0 Å². The number of hydrogen-bond acceptors (Lipinski definition) is 4. The number of halogens is 1. The second kappa shape index (κ2) is 5.39. The van der Waals surface area contributed by atoms with Crippen LogP contribution in [0.5, 0.6) is 0 Å². The van der Waals surface area contributed by atoms with E-state index in [0.29, 0.717) is 23.7 Å². The van der Waals surface area contributed by atoms with Crippen molar-refractivity contribution in [1.29, 1.82) is 0 Å². The molecule has 0 aliphatic carbocycles. The van der Waals surface area contributed by atoms with Crippen molar-refractivity contribution in [1.82, 2.24) is 15.5 Å². The molecule has 1 aromatic heterocycles. The van der Waals surface area contributed by atoms with Gasteiger partial charge >= 0.3 is 0 Å². The van der Waals surface area contributed by atoms with E-state index in [9.17, 15) is 9.18 Å². The zero-order chi connectivity index (χ0) is 13.0. The maximum absolute atomic E-state index is 12.7. The molecule has 0 fully saturated rings. The maximum Gasteiger partial charge on any atom is 0.246 e. The van der Waals surface area contributed by atoms with Crippen molar-refractivity contribution in [3.05, 3.63) is 36.0 Å². The number of benzene rings is 1. The third kappa shape index (κ3) is 2.91. The average Bonchev–Trinajstić information content (AvgIpc) is 2.85. The normalized spacial score (nSPS) is 10.3. The highest BCUT2D eigenvalue weighted by atomic mass is 19.1. The van der Waals surface area contributed by atoms with Gasteiger partial charge in [-0.15, -0.1) is 0 Å². The molecule has 5 nitrogen and oxygen atoms in total. The van der Waals surface area contributed by atoms with Crippen LogP contribution in [0.25, 0.3) is 11.4 Å². The van der Waals surface area contributed by atoms with Crippen LogP contribution < -0.4 is 5.32 Å². The fraction of sp³-hybridized carbons (Fsp3) is 0.250. The summed E-state index contributed by atoms with van der Waals surface area (Å²) in [5.41, 5.74) is 0.660. The van der Waals surface area contributed by atoms with Crippen LogP contribution in [0.1, 0.15) is 19.2 Å². The summed E-state index contributed by atoms with van der Waals surface area (Å²) < 4.78 is 17.7. The monoisotopic (exact) mass is 249 g/mol. The zero-order valence-corrected chi connectivity index (χ0v) is 9.81. The number of amides is 1. The minimum atomic E-state index is -0.322. The highest BCUT2D eigenvalue weighted by Crippen LogP contribution is 2.15. The van der Waals surface area contributed by atoms with Gasteiger partial charge in [0.2, 0.25) is 17.6 Å². The molecule has 1 N–H and O–H groups in total. The van der Waals surface area contributed by atoms with E-state index in [4.69, 9.17) is 4.52 Å². The van der Waals surface area contributed by atoms with E-state index < -0.39 is 0 Å². The van der Waals surface area contributed by atoms with E-state index in [1.165, 1.54) is 12.1 Å². The Hall–Kier alpha value is -2.24. The molecule has 0 unspecified atom stereocenters. The molecule has 2 aromatic rings. The van der Waals surface area contributed by atoms with Gasteiger partial charge < -0.3 is 9.84 Å².